The Morgan fingerprint density at radius 2 is 1.53 bits per heavy atom. The molecule has 152 valence electrons. The van der Waals surface area contributed by atoms with E-state index < -0.39 is 5.82 Å². The summed E-state index contributed by atoms with van der Waals surface area (Å²) in [5.41, 5.74) is 4.93. The normalized spacial score (nSPS) is 11.5. The lowest BCUT2D eigenvalue weighted by atomic mass is 9.78. The molecule has 30 heavy (non-hydrogen) atoms. The van der Waals surface area contributed by atoms with Gasteiger partial charge in [0.05, 0.1) is 6.20 Å². The van der Waals surface area contributed by atoms with Crippen LogP contribution in [0.3, 0.4) is 0 Å². The van der Waals surface area contributed by atoms with Gasteiger partial charge in [-0.3, -0.25) is 4.68 Å². The number of hydrogen-bond acceptors (Lipinski definition) is 3. The Hall–Kier alpha value is -3.47. The number of nitrogens with zero attached hydrogens (tertiary/aromatic N) is 3. The molecule has 4 nitrogen and oxygen atoms in total. The molecule has 0 saturated heterocycles. The van der Waals surface area contributed by atoms with Crippen molar-refractivity contribution < 1.29 is 9.13 Å². The van der Waals surface area contributed by atoms with Gasteiger partial charge in [-0.1, -0.05) is 55.8 Å². The molecular weight excluding hydrogens is 377 g/mol. The van der Waals surface area contributed by atoms with Crippen LogP contribution in [-0.4, -0.2) is 14.8 Å². The van der Waals surface area contributed by atoms with Crippen LogP contribution in [0.4, 0.5) is 4.39 Å². The lowest BCUT2D eigenvalue weighted by Gasteiger charge is -2.26. The van der Waals surface area contributed by atoms with E-state index in [4.69, 9.17) is 4.74 Å². The Morgan fingerprint density at radius 3 is 2.10 bits per heavy atom. The average Bonchev–Trinajstić information content (AvgIpc) is 3.16. The summed E-state index contributed by atoms with van der Waals surface area (Å²) in [6.07, 6.45) is 5.07. The number of hydrogen-bond donors (Lipinski definition) is 0. The van der Waals surface area contributed by atoms with E-state index in [0.717, 1.165) is 11.1 Å². The lowest BCUT2D eigenvalue weighted by molar-refractivity contribution is 0.422. The summed E-state index contributed by atoms with van der Waals surface area (Å²) in [5, 5.41) is 4.10. The minimum absolute atomic E-state index is 0.0480. The van der Waals surface area contributed by atoms with Gasteiger partial charge in [0.1, 0.15) is 5.75 Å². The van der Waals surface area contributed by atoms with Crippen molar-refractivity contribution >= 4 is 0 Å². The van der Waals surface area contributed by atoms with Gasteiger partial charge in [0.15, 0.2) is 5.82 Å². The smallest absolute Gasteiger partial charge is 0.255 e. The third-order valence-electron chi connectivity index (χ3n) is 5.41. The topological polar surface area (TPSA) is 39.9 Å². The molecule has 0 saturated carbocycles. The van der Waals surface area contributed by atoms with Crippen LogP contribution < -0.4 is 4.74 Å². The van der Waals surface area contributed by atoms with Crippen molar-refractivity contribution in [2.24, 2.45) is 7.05 Å². The fraction of sp³-hybridized carbons (Fsp3) is 0.200. The van der Waals surface area contributed by atoms with Crippen molar-refractivity contribution in [3.63, 3.8) is 0 Å². The van der Waals surface area contributed by atoms with Gasteiger partial charge in [-0.05, 0) is 36.2 Å². The first-order valence-corrected chi connectivity index (χ1v) is 9.83. The van der Waals surface area contributed by atoms with Gasteiger partial charge in [0.2, 0.25) is 0 Å². The molecular formula is C25H24FN3O. The zero-order valence-corrected chi connectivity index (χ0v) is 17.6. The zero-order valence-electron chi connectivity index (χ0n) is 17.6. The number of aromatic nitrogens is 3. The first kappa shape index (κ1) is 19.8. The zero-order chi connectivity index (χ0) is 21.3. The highest BCUT2D eigenvalue weighted by atomic mass is 19.1. The monoisotopic (exact) mass is 401 g/mol. The van der Waals surface area contributed by atoms with Crippen LogP contribution in [0.2, 0.25) is 0 Å². The third-order valence-corrected chi connectivity index (χ3v) is 5.41. The number of aryl methyl sites for hydroxylation is 2. The molecule has 5 heteroatoms. The van der Waals surface area contributed by atoms with E-state index in [0.29, 0.717) is 11.3 Å². The Balaban J connectivity index is 1.53. The molecule has 2 heterocycles. The molecule has 0 amide bonds. The number of rotatable bonds is 5. The maximum Gasteiger partial charge on any atom is 0.255 e. The molecule has 0 fully saturated rings. The van der Waals surface area contributed by atoms with E-state index in [1.807, 2.05) is 37.5 Å². The van der Waals surface area contributed by atoms with Crippen LogP contribution >= 0.6 is 0 Å². The van der Waals surface area contributed by atoms with Crippen molar-refractivity contribution in [1.82, 2.24) is 14.8 Å². The van der Waals surface area contributed by atoms with Crippen LogP contribution in [0.1, 0.15) is 30.5 Å². The maximum absolute atomic E-state index is 14.5. The van der Waals surface area contributed by atoms with E-state index in [-0.39, 0.29) is 11.3 Å². The molecule has 0 spiro atoms. The fourth-order valence-electron chi connectivity index (χ4n) is 3.42. The standard InChI is InChI=1S/C25H24FN3O/c1-17-5-7-20(8-6-17)25(2,3)21-9-11-22(12-10-21)30-24-23(26)13-18(14-27-24)19-15-28-29(4)16-19/h5-16H,1-4H3. The van der Waals surface area contributed by atoms with Crippen LogP contribution in [0.5, 0.6) is 11.6 Å². The highest BCUT2D eigenvalue weighted by Gasteiger charge is 2.23. The second-order valence-electron chi connectivity index (χ2n) is 8.03. The predicted octanol–water partition coefficient (Wildman–Crippen LogP) is 6.05. The first-order chi connectivity index (χ1) is 14.3. The van der Waals surface area contributed by atoms with Gasteiger partial charge in [-0.25, -0.2) is 9.37 Å². The minimum atomic E-state index is -0.514. The lowest BCUT2D eigenvalue weighted by Crippen LogP contribution is -2.18. The number of ether oxygens (including phenoxy) is 1. The van der Waals surface area contributed by atoms with Crippen molar-refractivity contribution in [1.29, 1.82) is 0 Å². The van der Waals surface area contributed by atoms with Crippen molar-refractivity contribution in [3.8, 4) is 22.8 Å². The summed E-state index contributed by atoms with van der Waals surface area (Å²) in [5.74, 6) is -0.0208. The minimum Gasteiger partial charge on any atom is -0.436 e. The molecule has 0 aliphatic rings. The van der Waals surface area contributed by atoms with Crippen LogP contribution in [0.25, 0.3) is 11.1 Å². The van der Waals surface area contributed by atoms with Crippen molar-refractivity contribution in [2.75, 3.05) is 0 Å². The van der Waals surface area contributed by atoms with E-state index >= 15 is 0 Å². The molecule has 4 rings (SSSR count). The van der Waals surface area contributed by atoms with E-state index in [9.17, 15) is 4.39 Å². The number of benzene rings is 2. The Morgan fingerprint density at radius 1 is 0.900 bits per heavy atom. The molecule has 4 aromatic rings. The largest absolute Gasteiger partial charge is 0.436 e. The van der Waals surface area contributed by atoms with E-state index in [1.165, 1.54) is 17.2 Å². The van der Waals surface area contributed by atoms with Crippen molar-refractivity contribution in [3.05, 3.63) is 95.7 Å². The Labute approximate surface area is 176 Å². The molecule has 0 atom stereocenters. The van der Waals surface area contributed by atoms with Crippen LogP contribution in [-0.2, 0) is 12.5 Å². The molecule has 0 bridgehead atoms. The molecule has 0 unspecified atom stereocenters. The van der Waals surface area contributed by atoms with E-state index in [1.54, 1.807) is 17.1 Å². The highest BCUT2D eigenvalue weighted by Crippen LogP contribution is 2.33. The molecule has 0 aliphatic heterocycles. The molecule has 0 radical (unpaired) electrons. The van der Waals surface area contributed by atoms with Gasteiger partial charge in [0, 0.05) is 36.0 Å². The summed E-state index contributed by atoms with van der Waals surface area (Å²) >= 11 is 0. The molecule has 2 aromatic heterocycles. The Kier molecular flexibility index (Phi) is 5.12. The summed E-state index contributed by atoms with van der Waals surface area (Å²) in [4.78, 5) is 4.15. The SMILES string of the molecule is Cc1ccc(C(C)(C)c2ccc(Oc3ncc(-c4cnn(C)c4)cc3F)cc2)cc1. The fourth-order valence-corrected chi connectivity index (χ4v) is 3.42. The highest BCUT2D eigenvalue weighted by molar-refractivity contribution is 5.61. The summed E-state index contributed by atoms with van der Waals surface area (Å²) < 4.78 is 21.9. The predicted molar refractivity (Wildman–Crippen MR) is 116 cm³/mol. The van der Waals surface area contributed by atoms with Gasteiger partial charge < -0.3 is 4.74 Å². The van der Waals surface area contributed by atoms with Gasteiger partial charge in [-0.2, -0.15) is 5.10 Å². The van der Waals surface area contributed by atoms with Gasteiger partial charge in [0.25, 0.3) is 5.88 Å². The maximum atomic E-state index is 14.5. The second kappa shape index (κ2) is 7.75. The number of pyridine rings is 1. The first-order valence-electron chi connectivity index (χ1n) is 9.83. The summed E-state index contributed by atoms with van der Waals surface area (Å²) in [6, 6.07) is 17.7. The number of halogens is 1. The van der Waals surface area contributed by atoms with E-state index in [2.05, 4.69) is 55.1 Å². The second-order valence-corrected chi connectivity index (χ2v) is 8.03. The van der Waals surface area contributed by atoms with Crippen LogP contribution in [0, 0.1) is 12.7 Å². The molecule has 2 aromatic carbocycles. The average molecular weight is 401 g/mol. The quantitative estimate of drug-likeness (QED) is 0.409. The van der Waals surface area contributed by atoms with Gasteiger partial charge >= 0.3 is 0 Å². The third kappa shape index (κ3) is 3.96. The van der Waals surface area contributed by atoms with Gasteiger partial charge in [-0.15, -0.1) is 0 Å². The molecule has 0 aliphatic carbocycles. The van der Waals surface area contributed by atoms with Crippen molar-refractivity contribution in [2.45, 2.75) is 26.2 Å². The summed E-state index contributed by atoms with van der Waals surface area (Å²) in [6.45, 7) is 6.46. The molecule has 0 N–H and O–H groups in total. The van der Waals surface area contributed by atoms with Crippen LogP contribution in [0.15, 0.2) is 73.2 Å². The summed E-state index contributed by atoms with van der Waals surface area (Å²) in [7, 11) is 1.81. The Bertz CT molecular complexity index is 1160.